The van der Waals surface area contributed by atoms with E-state index in [0.717, 1.165) is 34.9 Å². The highest BCUT2D eigenvalue weighted by molar-refractivity contribution is 7.20. The lowest BCUT2D eigenvalue weighted by molar-refractivity contribution is -0.135. The topological polar surface area (TPSA) is 75.7 Å². The van der Waals surface area contributed by atoms with Crippen LogP contribution < -0.4 is 20.3 Å². The molecule has 5 rings (SSSR count). The number of methoxy groups -OCH3 is 1. The van der Waals surface area contributed by atoms with Crippen LogP contribution in [0.3, 0.4) is 0 Å². The SMILES string of the molecule is COc1cccc(C2CC(C(=O)N3CCC(Oc4nc5c(C)ccc(C)c5s4)CC3)NN2)c1. The lowest BCUT2D eigenvalue weighted by Crippen LogP contribution is -2.49. The van der Waals surface area contributed by atoms with Crippen LogP contribution in [0.5, 0.6) is 10.9 Å². The standard InChI is InChI=1S/C25H30N4O3S/c1-15-7-8-16(2)23-22(15)26-25(33-23)32-18-9-11-29(12-10-18)24(30)21-14-20(27-28-21)17-5-4-6-19(13-17)31-3/h4-8,13,18,20-21,27-28H,9-12,14H2,1-3H3. The van der Waals surface area contributed by atoms with Crippen molar-refractivity contribution >= 4 is 27.5 Å². The molecule has 0 saturated carbocycles. The Hall–Kier alpha value is -2.68. The fraction of sp³-hybridized carbons (Fsp3) is 0.440. The van der Waals surface area contributed by atoms with Crippen LogP contribution in [-0.2, 0) is 4.79 Å². The molecule has 1 aromatic heterocycles. The van der Waals surface area contributed by atoms with Gasteiger partial charge < -0.3 is 14.4 Å². The van der Waals surface area contributed by atoms with Crippen molar-refractivity contribution in [2.45, 2.75) is 51.3 Å². The number of hydrogen-bond donors (Lipinski definition) is 2. The fourth-order valence-corrected chi connectivity index (χ4v) is 5.67. The average molecular weight is 467 g/mol. The van der Waals surface area contributed by atoms with Crippen LogP contribution in [0.4, 0.5) is 0 Å². The molecule has 2 aliphatic heterocycles. The predicted molar refractivity (Wildman–Crippen MR) is 130 cm³/mol. The maximum absolute atomic E-state index is 13.1. The van der Waals surface area contributed by atoms with E-state index >= 15 is 0 Å². The number of nitrogens with zero attached hydrogens (tertiary/aromatic N) is 2. The average Bonchev–Trinajstić information content (AvgIpc) is 3.50. The van der Waals surface area contributed by atoms with E-state index in [1.807, 2.05) is 23.1 Å². The molecule has 33 heavy (non-hydrogen) atoms. The molecule has 0 bridgehead atoms. The number of aryl methyl sites for hydroxylation is 2. The molecule has 0 spiro atoms. The van der Waals surface area contributed by atoms with E-state index in [4.69, 9.17) is 14.5 Å². The monoisotopic (exact) mass is 466 g/mol. The Morgan fingerprint density at radius 2 is 1.91 bits per heavy atom. The van der Waals surface area contributed by atoms with E-state index in [1.165, 1.54) is 15.8 Å². The van der Waals surface area contributed by atoms with Gasteiger partial charge in [-0.25, -0.2) is 15.8 Å². The number of nitrogens with one attached hydrogen (secondary N) is 2. The largest absolute Gasteiger partial charge is 0.497 e. The number of hydrogen-bond acceptors (Lipinski definition) is 7. The van der Waals surface area contributed by atoms with Gasteiger partial charge in [-0.15, -0.1) is 0 Å². The molecule has 2 atom stereocenters. The van der Waals surface area contributed by atoms with Gasteiger partial charge in [-0.2, -0.15) is 0 Å². The number of likely N-dealkylation sites (tertiary alicyclic amines) is 1. The highest BCUT2D eigenvalue weighted by atomic mass is 32.1. The van der Waals surface area contributed by atoms with Crippen molar-refractivity contribution in [3.8, 4) is 10.9 Å². The number of carbonyl (C=O) groups is 1. The van der Waals surface area contributed by atoms with Crippen LogP contribution in [0.2, 0.25) is 0 Å². The second kappa shape index (κ2) is 9.29. The summed E-state index contributed by atoms with van der Waals surface area (Å²) in [5.41, 5.74) is 11.0. The first-order chi connectivity index (χ1) is 16.0. The van der Waals surface area contributed by atoms with E-state index in [0.29, 0.717) is 19.5 Å². The predicted octanol–water partition coefficient (Wildman–Crippen LogP) is 3.90. The third kappa shape index (κ3) is 4.55. The van der Waals surface area contributed by atoms with Crippen LogP contribution in [0.1, 0.15) is 42.0 Å². The number of thiazole rings is 1. The number of amides is 1. The molecule has 2 unspecified atom stereocenters. The summed E-state index contributed by atoms with van der Waals surface area (Å²) < 4.78 is 12.8. The first kappa shape index (κ1) is 22.1. The number of hydrazine groups is 1. The van der Waals surface area contributed by atoms with Gasteiger partial charge in [-0.3, -0.25) is 4.79 Å². The van der Waals surface area contributed by atoms with Gasteiger partial charge in [0.2, 0.25) is 5.91 Å². The summed E-state index contributed by atoms with van der Waals surface area (Å²) in [4.78, 5) is 19.8. The highest BCUT2D eigenvalue weighted by Gasteiger charge is 2.35. The number of carbonyl (C=O) groups excluding carboxylic acids is 1. The van der Waals surface area contributed by atoms with Crippen LogP contribution >= 0.6 is 11.3 Å². The van der Waals surface area contributed by atoms with E-state index < -0.39 is 0 Å². The quantitative estimate of drug-likeness (QED) is 0.594. The highest BCUT2D eigenvalue weighted by Crippen LogP contribution is 2.34. The third-order valence-electron chi connectivity index (χ3n) is 6.64. The molecule has 1 amide bonds. The molecule has 174 valence electrons. The van der Waals surface area contributed by atoms with Gasteiger partial charge >= 0.3 is 0 Å². The minimum absolute atomic E-state index is 0.0841. The summed E-state index contributed by atoms with van der Waals surface area (Å²) in [6.07, 6.45) is 2.44. The summed E-state index contributed by atoms with van der Waals surface area (Å²) >= 11 is 1.62. The van der Waals surface area contributed by atoms with E-state index in [1.54, 1.807) is 18.4 Å². The number of piperidine rings is 1. The van der Waals surface area contributed by atoms with E-state index in [-0.39, 0.29) is 24.1 Å². The van der Waals surface area contributed by atoms with E-state index in [2.05, 4.69) is 42.9 Å². The van der Waals surface area contributed by atoms with E-state index in [9.17, 15) is 4.79 Å². The number of benzene rings is 2. The Balaban J connectivity index is 1.15. The number of ether oxygens (including phenoxy) is 2. The van der Waals surface area contributed by atoms with Crippen molar-refractivity contribution in [3.05, 3.63) is 53.1 Å². The van der Waals surface area contributed by atoms with Gasteiger partial charge in [-0.1, -0.05) is 35.6 Å². The number of fused-ring (bicyclic) bond motifs is 1. The van der Waals surface area contributed by atoms with Crippen LogP contribution in [0, 0.1) is 13.8 Å². The van der Waals surface area contributed by atoms with Crippen molar-refractivity contribution in [2.75, 3.05) is 20.2 Å². The van der Waals surface area contributed by atoms with Gasteiger partial charge in [0.25, 0.3) is 5.19 Å². The van der Waals surface area contributed by atoms with Gasteiger partial charge in [0.1, 0.15) is 17.9 Å². The smallest absolute Gasteiger partial charge is 0.274 e. The molecule has 7 nitrogen and oxygen atoms in total. The van der Waals surface area contributed by atoms with Gasteiger partial charge in [0, 0.05) is 32.0 Å². The van der Waals surface area contributed by atoms with Gasteiger partial charge in [0.15, 0.2) is 0 Å². The lowest BCUT2D eigenvalue weighted by atomic mass is 10.00. The molecule has 3 aromatic rings. The molecule has 0 aliphatic carbocycles. The minimum Gasteiger partial charge on any atom is -0.497 e. The van der Waals surface area contributed by atoms with Crippen molar-refractivity contribution < 1.29 is 14.3 Å². The Morgan fingerprint density at radius 1 is 1.12 bits per heavy atom. The zero-order valence-corrected chi connectivity index (χ0v) is 20.1. The Bertz CT molecular complexity index is 1120. The lowest BCUT2D eigenvalue weighted by Gasteiger charge is -2.33. The molecule has 2 fully saturated rings. The molecule has 2 saturated heterocycles. The minimum atomic E-state index is -0.228. The summed E-state index contributed by atoms with van der Waals surface area (Å²) in [7, 11) is 1.66. The normalized spacial score (nSPS) is 21.5. The Labute approximate surface area is 198 Å². The van der Waals surface area contributed by atoms with Crippen LogP contribution in [-0.4, -0.2) is 48.1 Å². The molecule has 2 aliphatic rings. The van der Waals surface area contributed by atoms with Gasteiger partial charge in [0.05, 0.1) is 17.3 Å². The first-order valence-electron chi connectivity index (χ1n) is 11.5. The Kier molecular flexibility index (Phi) is 6.23. The second-order valence-corrected chi connectivity index (χ2v) is 9.87. The summed E-state index contributed by atoms with van der Waals surface area (Å²) in [5, 5.41) is 0.731. The molecule has 0 radical (unpaired) electrons. The van der Waals surface area contributed by atoms with Crippen molar-refractivity contribution in [1.82, 2.24) is 20.7 Å². The zero-order valence-electron chi connectivity index (χ0n) is 19.3. The fourth-order valence-electron chi connectivity index (χ4n) is 4.64. The molecular weight excluding hydrogens is 436 g/mol. The first-order valence-corrected chi connectivity index (χ1v) is 12.3. The zero-order chi connectivity index (χ0) is 22.9. The Morgan fingerprint density at radius 3 is 2.67 bits per heavy atom. The molecule has 8 heteroatoms. The third-order valence-corrected chi connectivity index (χ3v) is 7.72. The maximum atomic E-state index is 13.1. The molecule has 3 heterocycles. The van der Waals surface area contributed by atoms with Crippen molar-refractivity contribution in [2.24, 2.45) is 0 Å². The summed E-state index contributed by atoms with van der Waals surface area (Å²) in [6.45, 7) is 5.60. The summed E-state index contributed by atoms with van der Waals surface area (Å²) in [5.74, 6) is 0.974. The van der Waals surface area contributed by atoms with Crippen LogP contribution in [0.25, 0.3) is 10.2 Å². The van der Waals surface area contributed by atoms with Gasteiger partial charge in [-0.05, 0) is 49.1 Å². The second-order valence-electron chi connectivity index (χ2n) is 8.91. The number of aromatic nitrogens is 1. The van der Waals surface area contributed by atoms with Crippen molar-refractivity contribution in [1.29, 1.82) is 0 Å². The molecule has 2 aromatic carbocycles. The molecular formula is C25H30N4O3S. The van der Waals surface area contributed by atoms with Crippen molar-refractivity contribution in [3.63, 3.8) is 0 Å². The number of rotatable bonds is 5. The maximum Gasteiger partial charge on any atom is 0.274 e. The summed E-state index contributed by atoms with van der Waals surface area (Å²) in [6, 6.07) is 12.1. The molecule has 2 N–H and O–H groups in total. The van der Waals surface area contributed by atoms with Crippen LogP contribution in [0.15, 0.2) is 36.4 Å².